The summed E-state index contributed by atoms with van der Waals surface area (Å²) < 4.78 is 65.8. The maximum absolute atomic E-state index is 14.1. The van der Waals surface area contributed by atoms with Crippen molar-refractivity contribution in [3.63, 3.8) is 0 Å². The summed E-state index contributed by atoms with van der Waals surface area (Å²) in [5.41, 5.74) is -2.38. The number of benzene rings is 1. The van der Waals surface area contributed by atoms with Crippen LogP contribution in [0, 0.1) is 51.9 Å². The molecule has 9 heteroatoms. The normalized spacial score (nSPS) is 20.3. The van der Waals surface area contributed by atoms with Crippen LogP contribution in [-0.2, 0) is 27.5 Å². The van der Waals surface area contributed by atoms with Crippen molar-refractivity contribution < 1.29 is 31.8 Å². The number of carbonyl (C=O) groups is 1. The fraction of sp³-hybridized carbons (Fsp3) is 0.500. The molecule has 2 atom stereocenters. The Morgan fingerprint density at radius 3 is 2.10 bits per heavy atom. The number of rotatable bonds is 8. The number of nitriles is 1. The molecular formula is C20H21F4NO3S. The Hall–Kier alpha value is -2.05. The van der Waals surface area contributed by atoms with Gasteiger partial charge in [0.05, 0.1) is 28.6 Å². The van der Waals surface area contributed by atoms with Gasteiger partial charge in [-0.25, -0.2) is 17.6 Å². The first-order chi connectivity index (χ1) is 13.6. The Morgan fingerprint density at radius 1 is 1.14 bits per heavy atom. The standard InChI is InChI=1S/C20H21F4NO3S/c1-5-29-10(7-25)6-13-14(20(13,2)3)19(26)28-9-12-17(23)15(21)11(8-27-4)16(22)18(12)24/h6,13-14H,5,8-9H2,1-4H3/b10-6+/t13-,14+/m1/s1. The van der Waals surface area contributed by atoms with Crippen LogP contribution in [0.25, 0.3) is 0 Å². The second-order valence-corrected chi connectivity index (χ2v) is 8.46. The highest BCUT2D eigenvalue weighted by atomic mass is 32.2. The molecule has 0 amide bonds. The summed E-state index contributed by atoms with van der Waals surface area (Å²) in [6, 6.07) is 2.05. The molecule has 158 valence electrons. The first-order valence-corrected chi connectivity index (χ1v) is 9.84. The Balaban J connectivity index is 2.17. The number of carbonyl (C=O) groups excluding carboxylic acids is 1. The van der Waals surface area contributed by atoms with Crippen LogP contribution in [0.4, 0.5) is 17.6 Å². The predicted molar refractivity (Wildman–Crippen MR) is 99.4 cm³/mol. The Labute approximate surface area is 170 Å². The van der Waals surface area contributed by atoms with Crippen molar-refractivity contribution in [3.8, 4) is 6.07 Å². The van der Waals surface area contributed by atoms with Crippen LogP contribution in [0.1, 0.15) is 31.9 Å². The van der Waals surface area contributed by atoms with Crippen LogP contribution in [0.2, 0.25) is 0 Å². The number of hydrogen-bond donors (Lipinski definition) is 0. The molecule has 0 bridgehead atoms. The van der Waals surface area contributed by atoms with E-state index in [0.29, 0.717) is 10.7 Å². The zero-order chi connectivity index (χ0) is 21.9. The molecule has 1 aliphatic carbocycles. The van der Waals surface area contributed by atoms with Gasteiger partial charge in [-0.2, -0.15) is 5.26 Å². The summed E-state index contributed by atoms with van der Waals surface area (Å²) in [6.45, 7) is 3.89. The van der Waals surface area contributed by atoms with Crippen molar-refractivity contribution >= 4 is 17.7 Å². The summed E-state index contributed by atoms with van der Waals surface area (Å²) >= 11 is 1.34. The fourth-order valence-corrected chi connectivity index (χ4v) is 3.85. The van der Waals surface area contributed by atoms with E-state index in [9.17, 15) is 22.4 Å². The van der Waals surface area contributed by atoms with E-state index in [4.69, 9.17) is 10.00 Å². The van der Waals surface area contributed by atoms with E-state index in [0.717, 1.165) is 7.11 Å². The van der Waals surface area contributed by atoms with Crippen molar-refractivity contribution in [1.82, 2.24) is 0 Å². The summed E-state index contributed by atoms with van der Waals surface area (Å²) in [7, 11) is 1.13. The molecule has 1 fully saturated rings. The number of esters is 1. The second-order valence-electron chi connectivity index (χ2n) is 7.15. The van der Waals surface area contributed by atoms with Gasteiger partial charge in [-0.3, -0.25) is 4.79 Å². The van der Waals surface area contributed by atoms with Crippen LogP contribution in [-0.4, -0.2) is 18.8 Å². The van der Waals surface area contributed by atoms with Gasteiger partial charge in [0.2, 0.25) is 0 Å². The Bertz CT molecular complexity index is 850. The number of ether oxygens (including phenoxy) is 2. The number of thioether (sulfide) groups is 1. The Morgan fingerprint density at radius 2 is 1.66 bits per heavy atom. The van der Waals surface area contributed by atoms with E-state index in [1.807, 2.05) is 6.92 Å². The van der Waals surface area contributed by atoms with Crippen molar-refractivity contribution in [2.24, 2.45) is 17.3 Å². The molecule has 0 aliphatic heterocycles. The van der Waals surface area contributed by atoms with E-state index in [-0.39, 0.29) is 5.92 Å². The molecule has 0 N–H and O–H groups in total. The van der Waals surface area contributed by atoms with E-state index in [1.54, 1.807) is 19.9 Å². The van der Waals surface area contributed by atoms with Gasteiger partial charge in [-0.15, -0.1) is 11.8 Å². The van der Waals surface area contributed by atoms with Gasteiger partial charge in [0, 0.05) is 7.11 Å². The van der Waals surface area contributed by atoms with E-state index in [1.165, 1.54) is 11.8 Å². The molecule has 1 saturated carbocycles. The van der Waals surface area contributed by atoms with Crippen LogP contribution in [0.15, 0.2) is 11.0 Å². The average molecular weight is 431 g/mol. The highest BCUT2D eigenvalue weighted by Gasteiger charge is 2.61. The third kappa shape index (κ3) is 4.59. The van der Waals surface area contributed by atoms with Gasteiger partial charge in [0.1, 0.15) is 12.7 Å². The molecule has 29 heavy (non-hydrogen) atoms. The largest absolute Gasteiger partial charge is 0.460 e. The van der Waals surface area contributed by atoms with Gasteiger partial charge >= 0.3 is 5.97 Å². The molecule has 0 spiro atoms. The van der Waals surface area contributed by atoms with Gasteiger partial charge < -0.3 is 9.47 Å². The monoisotopic (exact) mass is 431 g/mol. The van der Waals surface area contributed by atoms with Crippen LogP contribution in [0.3, 0.4) is 0 Å². The lowest BCUT2D eigenvalue weighted by atomic mass is 10.1. The molecule has 4 nitrogen and oxygen atoms in total. The molecule has 1 aliphatic rings. The summed E-state index contributed by atoms with van der Waals surface area (Å²) in [6.07, 6.45) is 1.68. The highest BCUT2D eigenvalue weighted by Crippen LogP contribution is 2.60. The molecule has 0 radical (unpaired) electrons. The molecular weight excluding hydrogens is 410 g/mol. The molecule has 0 saturated heterocycles. The number of nitrogens with zero attached hydrogens (tertiary/aromatic N) is 1. The Kier molecular flexibility index (Phi) is 7.35. The third-order valence-corrected chi connectivity index (χ3v) is 5.83. The van der Waals surface area contributed by atoms with E-state index in [2.05, 4.69) is 10.8 Å². The van der Waals surface area contributed by atoms with Gasteiger partial charge in [-0.1, -0.05) is 26.8 Å². The number of halogens is 4. The zero-order valence-corrected chi connectivity index (χ0v) is 17.3. The average Bonchev–Trinajstić information content (AvgIpc) is 3.22. The van der Waals surface area contributed by atoms with Crippen molar-refractivity contribution in [2.45, 2.75) is 34.0 Å². The molecule has 0 heterocycles. The van der Waals surface area contributed by atoms with Crippen molar-refractivity contribution in [1.29, 1.82) is 5.26 Å². The minimum Gasteiger partial charge on any atom is -0.460 e. The van der Waals surface area contributed by atoms with Gasteiger partial charge in [0.15, 0.2) is 23.3 Å². The van der Waals surface area contributed by atoms with Crippen molar-refractivity contribution in [2.75, 3.05) is 12.9 Å². The molecule has 0 unspecified atom stereocenters. The number of hydrogen-bond acceptors (Lipinski definition) is 5. The minimum atomic E-state index is -1.62. The first-order valence-electron chi connectivity index (χ1n) is 8.85. The summed E-state index contributed by atoms with van der Waals surface area (Å²) in [4.78, 5) is 12.9. The maximum atomic E-state index is 14.1. The topological polar surface area (TPSA) is 59.3 Å². The van der Waals surface area contributed by atoms with E-state index < -0.39 is 64.9 Å². The predicted octanol–water partition coefficient (Wildman–Crippen LogP) is 4.87. The summed E-state index contributed by atoms with van der Waals surface area (Å²) in [5.74, 6) is -7.39. The first kappa shape index (κ1) is 23.2. The fourth-order valence-electron chi connectivity index (χ4n) is 3.23. The minimum absolute atomic E-state index is 0.282. The lowest BCUT2D eigenvalue weighted by Crippen LogP contribution is -2.15. The molecule has 1 aromatic rings. The second kappa shape index (κ2) is 9.18. The van der Waals surface area contributed by atoms with Gasteiger partial charge in [0.25, 0.3) is 0 Å². The van der Waals surface area contributed by atoms with Crippen LogP contribution < -0.4 is 0 Å². The highest BCUT2D eigenvalue weighted by molar-refractivity contribution is 8.03. The number of methoxy groups -OCH3 is 1. The van der Waals surface area contributed by atoms with Crippen LogP contribution >= 0.6 is 11.8 Å². The van der Waals surface area contributed by atoms with Crippen molar-refractivity contribution in [3.05, 3.63) is 45.4 Å². The van der Waals surface area contributed by atoms with Crippen LogP contribution in [0.5, 0.6) is 0 Å². The molecule has 0 aromatic heterocycles. The third-order valence-electron chi connectivity index (χ3n) is 5.00. The van der Waals surface area contributed by atoms with E-state index >= 15 is 0 Å². The lowest BCUT2D eigenvalue weighted by Gasteiger charge is -2.12. The zero-order valence-electron chi connectivity index (χ0n) is 16.4. The maximum Gasteiger partial charge on any atom is 0.310 e. The summed E-state index contributed by atoms with van der Waals surface area (Å²) in [5, 5.41) is 9.14. The van der Waals surface area contributed by atoms with Gasteiger partial charge in [-0.05, 0) is 17.1 Å². The quantitative estimate of drug-likeness (QED) is 0.255. The number of allylic oxidation sites excluding steroid dienone is 2. The molecule has 1 aromatic carbocycles. The SMILES string of the molecule is CCS/C(C#N)=C/[C@@H]1[C@@H](C(=O)OCc2c(F)c(F)c(COC)c(F)c2F)C1(C)C. The smallest absolute Gasteiger partial charge is 0.310 e. The molecule has 2 rings (SSSR count). The lowest BCUT2D eigenvalue weighted by molar-refractivity contribution is -0.147.